The largest absolute Gasteiger partial charge is 0.454 e. The monoisotopic (exact) mass is 456 g/mol. The predicted octanol–water partition coefficient (Wildman–Crippen LogP) is 1.74. The van der Waals surface area contributed by atoms with Crippen LogP contribution in [0.3, 0.4) is 0 Å². The highest BCUT2D eigenvalue weighted by Gasteiger charge is 2.22. The minimum atomic E-state index is -3.70. The molecule has 0 radical (unpaired) electrons. The first-order valence-corrected chi connectivity index (χ1v) is 11.3. The molecule has 1 amide bonds. The van der Waals surface area contributed by atoms with E-state index in [0.29, 0.717) is 23.6 Å². The van der Waals surface area contributed by atoms with Crippen LogP contribution >= 0.6 is 11.8 Å². The second-order valence-electron chi connectivity index (χ2n) is 6.21. The van der Waals surface area contributed by atoms with Crippen LogP contribution in [0.5, 0.6) is 0 Å². The lowest BCUT2D eigenvalue weighted by Crippen LogP contribution is -2.28. The molecule has 11 heteroatoms. The number of amides is 1. The molecule has 1 aromatic carbocycles. The summed E-state index contributed by atoms with van der Waals surface area (Å²) in [5.74, 6) is -0.444. The molecule has 1 heterocycles. The molecule has 0 saturated heterocycles. The molecule has 0 aliphatic heterocycles. The van der Waals surface area contributed by atoms with Crippen LogP contribution in [0, 0.1) is 0 Å². The second-order valence-corrected chi connectivity index (χ2v) is 9.31. The van der Waals surface area contributed by atoms with Gasteiger partial charge >= 0.3 is 5.97 Å². The molecule has 0 bridgehead atoms. The van der Waals surface area contributed by atoms with Gasteiger partial charge in [-0.2, -0.15) is 0 Å². The highest BCUT2D eigenvalue weighted by molar-refractivity contribution is 8.00. The Hall–Kier alpha value is -2.34. The number of methoxy groups -OCH3 is 1. The van der Waals surface area contributed by atoms with E-state index in [0.717, 1.165) is 4.31 Å². The number of thioether (sulfide) groups is 1. The zero-order valence-electron chi connectivity index (χ0n) is 16.9. The van der Waals surface area contributed by atoms with Crippen molar-refractivity contribution in [1.82, 2.24) is 9.62 Å². The highest BCUT2D eigenvalue weighted by Crippen LogP contribution is 2.24. The van der Waals surface area contributed by atoms with E-state index in [1.54, 1.807) is 31.4 Å². The lowest BCUT2D eigenvalue weighted by Gasteiger charge is -2.09. The van der Waals surface area contributed by atoms with Gasteiger partial charge in [0.25, 0.3) is 10.0 Å². The fourth-order valence-electron chi connectivity index (χ4n) is 2.22. The molecular formula is C19H24N2O7S2. The Bertz CT molecular complexity index is 971. The maximum absolute atomic E-state index is 12.5. The minimum Gasteiger partial charge on any atom is -0.454 e. The summed E-state index contributed by atoms with van der Waals surface area (Å²) in [6, 6.07) is 9.51. The van der Waals surface area contributed by atoms with Crippen molar-refractivity contribution < 1.29 is 31.9 Å². The van der Waals surface area contributed by atoms with Gasteiger partial charge in [-0.3, -0.25) is 4.79 Å². The summed E-state index contributed by atoms with van der Waals surface area (Å²) in [7, 11) is 0.634. The van der Waals surface area contributed by atoms with Crippen molar-refractivity contribution in [2.75, 3.05) is 40.1 Å². The van der Waals surface area contributed by atoms with Crippen LogP contribution < -0.4 is 5.32 Å². The van der Waals surface area contributed by atoms with Crippen molar-refractivity contribution in [3.05, 3.63) is 47.7 Å². The standard InChI is InChI=1S/C19H24N2O7S2/c1-21(2)30(24,25)18-9-8-14(28-18)12-27-19(23)15-6-4-5-7-16(15)29-13-17(22)20-10-11-26-3/h4-9H,10-13H2,1-3H3,(H,20,22). The lowest BCUT2D eigenvalue weighted by molar-refractivity contribution is -0.118. The third-order valence-electron chi connectivity index (χ3n) is 3.81. The Morgan fingerprint density at radius 3 is 2.60 bits per heavy atom. The summed E-state index contributed by atoms with van der Waals surface area (Å²) in [5.41, 5.74) is 0.305. The minimum absolute atomic E-state index is 0.137. The Morgan fingerprint density at radius 1 is 1.17 bits per heavy atom. The number of esters is 1. The molecule has 0 unspecified atom stereocenters. The van der Waals surface area contributed by atoms with E-state index in [1.807, 2.05) is 0 Å². The number of furan rings is 1. The molecule has 1 N–H and O–H groups in total. The van der Waals surface area contributed by atoms with Crippen LogP contribution in [0.4, 0.5) is 0 Å². The van der Waals surface area contributed by atoms with Gasteiger partial charge in [0.15, 0.2) is 0 Å². The van der Waals surface area contributed by atoms with Gasteiger partial charge in [-0.1, -0.05) is 12.1 Å². The molecule has 2 aromatic rings. The first-order chi connectivity index (χ1) is 14.3. The lowest BCUT2D eigenvalue weighted by atomic mass is 10.2. The van der Waals surface area contributed by atoms with Gasteiger partial charge in [-0.25, -0.2) is 17.5 Å². The zero-order chi connectivity index (χ0) is 22.1. The summed E-state index contributed by atoms with van der Waals surface area (Å²) >= 11 is 1.21. The van der Waals surface area contributed by atoms with E-state index in [4.69, 9.17) is 13.9 Å². The average molecular weight is 457 g/mol. The van der Waals surface area contributed by atoms with E-state index in [9.17, 15) is 18.0 Å². The first-order valence-electron chi connectivity index (χ1n) is 8.91. The molecule has 0 spiro atoms. The SMILES string of the molecule is COCCNC(=O)CSc1ccccc1C(=O)OCc1ccc(S(=O)(=O)N(C)C)o1. The van der Waals surface area contributed by atoms with E-state index < -0.39 is 16.0 Å². The Morgan fingerprint density at radius 2 is 1.90 bits per heavy atom. The van der Waals surface area contributed by atoms with Crippen molar-refractivity contribution in [2.24, 2.45) is 0 Å². The fourth-order valence-corrected chi connectivity index (χ4v) is 3.90. The Kier molecular flexibility index (Phi) is 8.90. The molecule has 164 valence electrons. The number of carbonyl (C=O) groups is 2. The molecule has 0 aliphatic carbocycles. The van der Waals surface area contributed by atoms with Crippen LogP contribution in [-0.2, 0) is 30.9 Å². The van der Waals surface area contributed by atoms with Gasteiger partial charge in [0.05, 0.1) is 17.9 Å². The molecule has 2 rings (SSSR count). The van der Waals surface area contributed by atoms with Crippen LogP contribution in [0.2, 0.25) is 0 Å². The summed E-state index contributed by atoms with van der Waals surface area (Å²) in [6.07, 6.45) is 0. The maximum atomic E-state index is 12.5. The maximum Gasteiger partial charge on any atom is 0.339 e. The van der Waals surface area contributed by atoms with Gasteiger partial charge in [-0.05, 0) is 24.3 Å². The first kappa shape index (κ1) is 23.9. The van der Waals surface area contributed by atoms with Gasteiger partial charge in [0.2, 0.25) is 11.0 Å². The van der Waals surface area contributed by atoms with E-state index in [2.05, 4.69) is 5.32 Å². The Labute approximate surface area is 179 Å². The van der Waals surface area contributed by atoms with Crippen molar-refractivity contribution >= 4 is 33.7 Å². The zero-order valence-corrected chi connectivity index (χ0v) is 18.5. The molecule has 0 atom stereocenters. The number of nitrogens with one attached hydrogen (secondary N) is 1. The van der Waals surface area contributed by atoms with E-state index in [1.165, 1.54) is 38.0 Å². The van der Waals surface area contributed by atoms with Crippen LogP contribution in [0.25, 0.3) is 0 Å². The van der Waals surface area contributed by atoms with Gasteiger partial charge < -0.3 is 19.2 Å². The van der Waals surface area contributed by atoms with Crippen LogP contribution in [0.1, 0.15) is 16.1 Å². The number of nitrogens with zero attached hydrogens (tertiary/aromatic N) is 1. The molecule has 0 fully saturated rings. The molecule has 30 heavy (non-hydrogen) atoms. The van der Waals surface area contributed by atoms with Crippen LogP contribution in [-0.4, -0.2) is 64.7 Å². The van der Waals surface area contributed by atoms with Crippen molar-refractivity contribution in [3.63, 3.8) is 0 Å². The van der Waals surface area contributed by atoms with Crippen LogP contribution in [0.15, 0.2) is 50.8 Å². The molecular weight excluding hydrogens is 432 g/mol. The summed E-state index contributed by atoms with van der Waals surface area (Å²) in [5, 5.41) is 2.48. The third kappa shape index (κ3) is 6.59. The summed E-state index contributed by atoms with van der Waals surface area (Å²) in [4.78, 5) is 24.9. The smallest absolute Gasteiger partial charge is 0.339 e. The number of sulfonamides is 1. The number of carbonyl (C=O) groups excluding carboxylic acids is 2. The number of hydrogen-bond acceptors (Lipinski definition) is 8. The topological polar surface area (TPSA) is 115 Å². The quantitative estimate of drug-likeness (QED) is 0.309. The fraction of sp³-hybridized carbons (Fsp3) is 0.368. The van der Waals surface area contributed by atoms with Crippen molar-refractivity contribution in [2.45, 2.75) is 16.6 Å². The second kappa shape index (κ2) is 11.2. The van der Waals surface area contributed by atoms with Gasteiger partial charge in [-0.15, -0.1) is 11.8 Å². The molecule has 0 saturated carbocycles. The Balaban J connectivity index is 1.96. The number of rotatable bonds is 11. The van der Waals surface area contributed by atoms with Crippen molar-refractivity contribution in [3.8, 4) is 0 Å². The summed E-state index contributed by atoms with van der Waals surface area (Å²) < 4.78 is 40.5. The highest BCUT2D eigenvalue weighted by atomic mass is 32.2. The normalized spacial score (nSPS) is 11.5. The molecule has 0 aliphatic rings. The van der Waals surface area contributed by atoms with Gasteiger partial charge in [0.1, 0.15) is 12.4 Å². The summed E-state index contributed by atoms with van der Waals surface area (Å²) in [6.45, 7) is 0.607. The number of ether oxygens (including phenoxy) is 2. The van der Waals surface area contributed by atoms with Gasteiger partial charge in [0, 0.05) is 32.6 Å². The average Bonchev–Trinajstić information content (AvgIpc) is 3.20. The molecule has 9 nitrogen and oxygen atoms in total. The number of benzene rings is 1. The van der Waals surface area contributed by atoms with E-state index >= 15 is 0 Å². The van der Waals surface area contributed by atoms with E-state index in [-0.39, 0.29) is 29.1 Å². The predicted molar refractivity (Wildman–Crippen MR) is 111 cm³/mol. The molecule has 1 aromatic heterocycles. The van der Waals surface area contributed by atoms with Crippen molar-refractivity contribution in [1.29, 1.82) is 0 Å². The number of hydrogen-bond donors (Lipinski definition) is 1. The third-order valence-corrected chi connectivity index (χ3v) is 6.57.